The van der Waals surface area contributed by atoms with E-state index in [9.17, 15) is 22.4 Å². The first-order valence-corrected chi connectivity index (χ1v) is 8.45. The predicted octanol–water partition coefficient (Wildman–Crippen LogP) is 5.51. The largest absolute Gasteiger partial charge is 0.485 e. The number of rotatable bonds is 5. The van der Waals surface area contributed by atoms with Crippen LogP contribution in [0.15, 0.2) is 54.6 Å². The Morgan fingerprint density at radius 3 is 2.18 bits per heavy atom. The first-order valence-electron chi connectivity index (χ1n) is 8.45. The van der Waals surface area contributed by atoms with E-state index in [0.717, 1.165) is 23.5 Å². The Balaban J connectivity index is 1.75. The second-order valence-corrected chi connectivity index (χ2v) is 6.33. The summed E-state index contributed by atoms with van der Waals surface area (Å²) in [5.74, 6) is -0.484. The van der Waals surface area contributed by atoms with E-state index in [4.69, 9.17) is 4.74 Å². The summed E-state index contributed by atoms with van der Waals surface area (Å²) < 4.78 is 58.1. The first-order chi connectivity index (χ1) is 13.2. The molecule has 3 aromatic rings. The van der Waals surface area contributed by atoms with Crippen molar-refractivity contribution in [1.82, 2.24) is 4.57 Å². The van der Waals surface area contributed by atoms with Gasteiger partial charge < -0.3 is 9.30 Å². The lowest BCUT2D eigenvalue weighted by molar-refractivity contribution is -0.137. The van der Waals surface area contributed by atoms with Gasteiger partial charge in [0.25, 0.3) is 0 Å². The van der Waals surface area contributed by atoms with Crippen LogP contribution in [-0.4, -0.2) is 17.0 Å². The number of hydrogen-bond acceptors (Lipinski definition) is 2. The van der Waals surface area contributed by atoms with Gasteiger partial charge in [0.2, 0.25) is 5.78 Å². The molecular weight excluding hydrogens is 374 g/mol. The van der Waals surface area contributed by atoms with Gasteiger partial charge in [0, 0.05) is 22.6 Å². The van der Waals surface area contributed by atoms with Crippen molar-refractivity contribution >= 4 is 5.78 Å². The van der Waals surface area contributed by atoms with E-state index in [2.05, 4.69) is 0 Å². The molecule has 0 N–H and O–H groups in total. The van der Waals surface area contributed by atoms with Crippen molar-refractivity contribution in [2.24, 2.45) is 0 Å². The Morgan fingerprint density at radius 1 is 1.00 bits per heavy atom. The summed E-state index contributed by atoms with van der Waals surface area (Å²) in [5.41, 5.74) is 1.84. The van der Waals surface area contributed by atoms with E-state index in [-0.39, 0.29) is 24.0 Å². The van der Waals surface area contributed by atoms with Gasteiger partial charge in [0.1, 0.15) is 11.6 Å². The fourth-order valence-electron chi connectivity index (χ4n) is 3.00. The maximum Gasteiger partial charge on any atom is 0.416 e. The van der Waals surface area contributed by atoms with Gasteiger partial charge in [0.05, 0.1) is 5.56 Å². The fourth-order valence-corrected chi connectivity index (χ4v) is 3.00. The molecule has 28 heavy (non-hydrogen) atoms. The molecule has 0 amide bonds. The topological polar surface area (TPSA) is 31.2 Å². The summed E-state index contributed by atoms with van der Waals surface area (Å²) in [6.07, 6.45) is -4.42. The van der Waals surface area contributed by atoms with Crippen molar-refractivity contribution in [3.8, 4) is 11.4 Å². The average Bonchev–Trinajstić information content (AvgIpc) is 2.94. The van der Waals surface area contributed by atoms with E-state index in [1.54, 1.807) is 25.1 Å². The molecule has 0 saturated carbocycles. The highest BCUT2D eigenvalue weighted by Gasteiger charge is 2.30. The van der Waals surface area contributed by atoms with E-state index in [1.165, 1.54) is 24.3 Å². The van der Waals surface area contributed by atoms with E-state index in [1.807, 2.05) is 11.5 Å². The number of ether oxygens (including phenoxy) is 1. The van der Waals surface area contributed by atoms with E-state index >= 15 is 0 Å². The highest BCUT2D eigenvalue weighted by atomic mass is 19.4. The molecule has 146 valence electrons. The molecule has 0 radical (unpaired) electrons. The number of aryl methyl sites for hydroxylation is 1. The van der Waals surface area contributed by atoms with Gasteiger partial charge in [-0.25, -0.2) is 4.39 Å². The van der Waals surface area contributed by atoms with Gasteiger partial charge in [-0.05, 0) is 68.4 Å². The van der Waals surface area contributed by atoms with Gasteiger partial charge in [-0.1, -0.05) is 0 Å². The number of benzene rings is 2. The summed E-state index contributed by atoms with van der Waals surface area (Å²) in [6.45, 7) is 3.28. The van der Waals surface area contributed by atoms with E-state index < -0.39 is 11.7 Å². The standard InChI is InChI=1S/C21H17F4NO2/c1-13-11-19(14(2)26(13)17-7-5-16(22)6-8-17)20(27)12-28-18-9-3-15(4-10-18)21(23,24)25/h3-11H,12H2,1-2H3. The number of carbonyl (C=O) groups excluding carboxylic acids is 1. The molecule has 1 aromatic heterocycles. The van der Waals surface area contributed by atoms with Crippen molar-refractivity contribution in [3.05, 3.63) is 82.9 Å². The fraction of sp³-hybridized carbons (Fsp3) is 0.190. The molecule has 0 saturated heterocycles. The Kier molecular flexibility index (Phi) is 5.27. The summed E-state index contributed by atoms with van der Waals surface area (Å²) in [6, 6.07) is 11.8. The van der Waals surface area contributed by atoms with Crippen LogP contribution in [0, 0.1) is 19.7 Å². The molecule has 0 spiro atoms. The van der Waals surface area contributed by atoms with Crippen molar-refractivity contribution in [2.75, 3.05) is 6.61 Å². The maximum absolute atomic E-state index is 13.1. The van der Waals surface area contributed by atoms with Gasteiger partial charge in [-0.2, -0.15) is 13.2 Å². The Bertz CT molecular complexity index is 987. The van der Waals surface area contributed by atoms with Crippen LogP contribution >= 0.6 is 0 Å². The molecule has 0 aliphatic rings. The number of hydrogen-bond donors (Lipinski definition) is 0. The van der Waals surface area contributed by atoms with Gasteiger partial charge in [-0.3, -0.25) is 4.79 Å². The summed E-state index contributed by atoms with van der Waals surface area (Å²) in [4.78, 5) is 12.5. The Morgan fingerprint density at radius 2 is 1.61 bits per heavy atom. The van der Waals surface area contributed by atoms with Gasteiger partial charge in [0.15, 0.2) is 6.61 Å². The number of halogens is 4. The molecule has 3 rings (SSSR count). The minimum atomic E-state index is -4.42. The lowest BCUT2D eigenvalue weighted by Crippen LogP contribution is -2.13. The van der Waals surface area contributed by atoms with Crippen LogP contribution in [0.1, 0.15) is 27.3 Å². The maximum atomic E-state index is 13.1. The van der Waals surface area contributed by atoms with Crippen LogP contribution in [0.5, 0.6) is 5.75 Å². The summed E-state index contributed by atoms with van der Waals surface area (Å²) in [7, 11) is 0. The highest BCUT2D eigenvalue weighted by Crippen LogP contribution is 2.30. The van der Waals surface area contributed by atoms with Crippen LogP contribution in [0.4, 0.5) is 17.6 Å². The zero-order valence-corrected chi connectivity index (χ0v) is 15.2. The quantitative estimate of drug-likeness (QED) is 0.424. The molecule has 0 unspecified atom stereocenters. The molecule has 0 bridgehead atoms. The van der Waals surface area contributed by atoms with Crippen molar-refractivity contribution in [1.29, 1.82) is 0 Å². The third kappa shape index (κ3) is 4.08. The lowest BCUT2D eigenvalue weighted by Gasteiger charge is -2.10. The molecule has 0 atom stereocenters. The molecule has 1 heterocycles. The van der Waals surface area contributed by atoms with Crippen LogP contribution < -0.4 is 4.74 Å². The second-order valence-electron chi connectivity index (χ2n) is 6.33. The highest BCUT2D eigenvalue weighted by molar-refractivity contribution is 5.98. The van der Waals surface area contributed by atoms with Crippen molar-refractivity contribution in [2.45, 2.75) is 20.0 Å². The molecular formula is C21H17F4NO2. The van der Waals surface area contributed by atoms with Crippen LogP contribution in [0.25, 0.3) is 5.69 Å². The molecule has 0 aliphatic carbocycles. The number of nitrogens with zero attached hydrogens (tertiary/aromatic N) is 1. The molecule has 0 fully saturated rings. The van der Waals surface area contributed by atoms with Crippen LogP contribution in [-0.2, 0) is 6.18 Å². The Labute approximate surface area is 159 Å². The molecule has 0 aliphatic heterocycles. The lowest BCUT2D eigenvalue weighted by atomic mass is 10.1. The summed E-state index contributed by atoms with van der Waals surface area (Å²) >= 11 is 0. The number of ketones is 1. The molecule has 2 aromatic carbocycles. The number of aromatic nitrogens is 1. The summed E-state index contributed by atoms with van der Waals surface area (Å²) in [5, 5.41) is 0. The SMILES string of the molecule is Cc1cc(C(=O)COc2ccc(C(F)(F)F)cc2)c(C)n1-c1ccc(F)cc1. The third-order valence-corrected chi connectivity index (χ3v) is 4.37. The second kappa shape index (κ2) is 7.50. The normalized spacial score (nSPS) is 11.5. The molecule has 7 heteroatoms. The monoisotopic (exact) mass is 391 g/mol. The smallest absolute Gasteiger partial charge is 0.416 e. The first kappa shape index (κ1) is 19.7. The van der Waals surface area contributed by atoms with Gasteiger partial charge in [-0.15, -0.1) is 0 Å². The zero-order chi connectivity index (χ0) is 20.5. The van der Waals surface area contributed by atoms with Crippen molar-refractivity contribution in [3.63, 3.8) is 0 Å². The number of Topliss-reactive ketones (excluding diaryl/α,β-unsaturated/α-hetero) is 1. The number of carbonyl (C=O) groups is 1. The third-order valence-electron chi connectivity index (χ3n) is 4.37. The Hall–Kier alpha value is -3.09. The predicted molar refractivity (Wildman–Crippen MR) is 96.5 cm³/mol. The number of alkyl halides is 3. The minimum absolute atomic E-state index is 0.175. The average molecular weight is 391 g/mol. The molecule has 3 nitrogen and oxygen atoms in total. The van der Waals surface area contributed by atoms with Crippen LogP contribution in [0.2, 0.25) is 0 Å². The van der Waals surface area contributed by atoms with E-state index in [0.29, 0.717) is 11.3 Å². The minimum Gasteiger partial charge on any atom is -0.485 e. The van der Waals surface area contributed by atoms with Crippen LogP contribution in [0.3, 0.4) is 0 Å². The van der Waals surface area contributed by atoms with Crippen molar-refractivity contribution < 1.29 is 27.1 Å². The van der Waals surface area contributed by atoms with Gasteiger partial charge >= 0.3 is 6.18 Å². The zero-order valence-electron chi connectivity index (χ0n) is 15.2.